The van der Waals surface area contributed by atoms with Crippen molar-refractivity contribution < 1.29 is 9.18 Å². The minimum atomic E-state index is -1.06. The summed E-state index contributed by atoms with van der Waals surface area (Å²) in [6.45, 7) is 1.78. The highest BCUT2D eigenvalue weighted by molar-refractivity contribution is 6.30. The Hall–Kier alpha value is -2.64. The van der Waals surface area contributed by atoms with Crippen LogP contribution in [-0.2, 0) is 6.54 Å². The predicted octanol–water partition coefficient (Wildman–Crippen LogP) is 3.60. The van der Waals surface area contributed by atoms with E-state index >= 15 is 4.39 Å². The predicted molar refractivity (Wildman–Crippen MR) is 113 cm³/mol. The monoisotopic (exact) mass is 415 g/mol. The minimum absolute atomic E-state index is 0.251. The molecule has 1 fully saturated rings. The number of carbonyl (C=O) groups excluding carboxylic acids is 1. The zero-order valence-electron chi connectivity index (χ0n) is 16.1. The molecule has 0 unspecified atom stereocenters. The Labute approximate surface area is 173 Å². The van der Waals surface area contributed by atoms with E-state index in [2.05, 4.69) is 25.5 Å². The molecule has 152 valence electrons. The third-order valence-corrected chi connectivity index (χ3v) is 5.58. The average molecular weight is 416 g/mol. The molecule has 1 aliphatic heterocycles. The first-order chi connectivity index (χ1) is 14.0. The number of hydrogen-bond acceptors (Lipinski definition) is 4. The van der Waals surface area contributed by atoms with Crippen LogP contribution in [-0.4, -0.2) is 53.1 Å². The number of halogens is 2. The summed E-state index contributed by atoms with van der Waals surface area (Å²) in [6.07, 6.45) is 2.85. The highest BCUT2D eigenvalue weighted by Crippen LogP contribution is 2.29. The number of likely N-dealkylation sites (tertiary alicyclic amines) is 1. The number of aromatic amines is 1. The van der Waals surface area contributed by atoms with E-state index in [4.69, 9.17) is 11.6 Å². The van der Waals surface area contributed by atoms with E-state index in [1.54, 1.807) is 13.2 Å². The zero-order chi connectivity index (χ0) is 20.4. The fourth-order valence-corrected chi connectivity index (χ4v) is 3.90. The van der Waals surface area contributed by atoms with Gasteiger partial charge >= 0.3 is 0 Å². The van der Waals surface area contributed by atoms with Crippen LogP contribution >= 0.6 is 11.6 Å². The molecule has 0 aliphatic carbocycles. The van der Waals surface area contributed by atoms with Crippen molar-refractivity contribution in [1.29, 1.82) is 0 Å². The third kappa shape index (κ3) is 4.21. The molecule has 1 aliphatic rings. The molecule has 2 atom stereocenters. The Kier molecular flexibility index (Phi) is 5.69. The summed E-state index contributed by atoms with van der Waals surface area (Å²) in [5, 5.41) is 7.39. The van der Waals surface area contributed by atoms with Gasteiger partial charge in [-0.2, -0.15) is 0 Å². The number of amides is 1. The lowest BCUT2D eigenvalue weighted by molar-refractivity contribution is 0.0962. The van der Waals surface area contributed by atoms with Gasteiger partial charge in [0, 0.05) is 49.5 Å². The second-order valence-corrected chi connectivity index (χ2v) is 7.72. The topological polar surface area (TPSA) is 73.0 Å². The van der Waals surface area contributed by atoms with E-state index in [0.29, 0.717) is 41.4 Å². The van der Waals surface area contributed by atoms with Gasteiger partial charge in [-0.15, -0.1) is 0 Å². The molecule has 0 spiro atoms. The second kappa shape index (κ2) is 8.39. The van der Waals surface area contributed by atoms with Gasteiger partial charge in [-0.05, 0) is 30.2 Å². The maximum absolute atomic E-state index is 15.0. The number of hydrogen-bond donors (Lipinski definition) is 3. The maximum atomic E-state index is 15.0. The standard InChI is InChI=1S/C21H23ClFN5O/c1-24-21(29)16-10-26-20-15(6-8-25-20)19(16)27-18-7-9-28(12-17(18)23)11-13-2-4-14(22)5-3-13/h2-6,8,10,17-18H,7,9,11-12H2,1H3,(H,24,29)(H2,25,26,27)/t17-,18+/m0/s1. The average Bonchev–Trinajstić information content (AvgIpc) is 3.20. The van der Waals surface area contributed by atoms with Gasteiger partial charge in [0.05, 0.1) is 17.3 Å². The van der Waals surface area contributed by atoms with Crippen LogP contribution in [0.15, 0.2) is 42.7 Å². The van der Waals surface area contributed by atoms with Crippen LogP contribution in [0.4, 0.5) is 10.1 Å². The summed E-state index contributed by atoms with van der Waals surface area (Å²) in [5.41, 5.74) is 2.80. The molecule has 3 heterocycles. The fraction of sp³-hybridized carbons (Fsp3) is 0.333. The van der Waals surface area contributed by atoms with Crippen LogP contribution in [0.25, 0.3) is 11.0 Å². The summed E-state index contributed by atoms with van der Waals surface area (Å²) in [6, 6.07) is 9.11. The molecule has 4 rings (SSSR count). The molecule has 6 nitrogen and oxygen atoms in total. The molecule has 3 aromatic rings. The number of carbonyl (C=O) groups is 1. The van der Waals surface area contributed by atoms with Crippen molar-refractivity contribution in [1.82, 2.24) is 20.2 Å². The van der Waals surface area contributed by atoms with Gasteiger partial charge in [-0.3, -0.25) is 9.69 Å². The van der Waals surface area contributed by atoms with E-state index in [0.717, 1.165) is 17.5 Å². The summed E-state index contributed by atoms with van der Waals surface area (Å²) in [7, 11) is 1.57. The van der Waals surface area contributed by atoms with Crippen LogP contribution in [0.2, 0.25) is 5.02 Å². The summed E-state index contributed by atoms with van der Waals surface area (Å²) in [4.78, 5) is 21.7. The molecular formula is C21H23ClFN5O. The van der Waals surface area contributed by atoms with Crippen molar-refractivity contribution in [2.45, 2.75) is 25.2 Å². The fourth-order valence-electron chi connectivity index (χ4n) is 3.78. The summed E-state index contributed by atoms with van der Waals surface area (Å²) in [5.74, 6) is -0.251. The SMILES string of the molecule is CNC(=O)c1cnc2[nH]ccc2c1N[C@@H]1CCN(Cc2ccc(Cl)cc2)C[C@@H]1F. The van der Waals surface area contributed by atoms with Gasteiger partial charge in [-0.1, -0.05) is 23.7 Å². The van der Waals surface area contributed by atoms with E-state index in [-0.39, 0.29) is 11.9 Å². The molecule has 1 aromatic carbocycles. The molecule has 1 amide bonds. The van der Waals surface area contributed by atoms with Gasteiger partial charge < -0.3 is 15.6 Å². The van der Waals surface area contributed by atoms with E-state index in [1.807, 2.05) is 30.3 Å². The molecule has 3 N–H and O–H groups in total. The van der Waals surface area contributed by atoms with Crippen LogP contribution in [0.3, 0.4) is 0 Å². The first kappa shape index (κ1) is 19.7. The Morgan fingerprint density at radius 1 is 1.34 bits per heavy atom. The normalized spacial score (nSPS) is 20.0. The first-order valence-corrected chi connectivity index (χ1v) is 9.98. The summed E-state index contributed by atoms with van der Waals surface area (Å²) < 4.78 is 15.0. The maximum Gasteiger partial charge on any atom is 0.254 e. The molecule has 2 aromatic heterocycles. The molecule has 0 bridgehead atoms. The van der Waals surface area contributed by atoms with Gasteiger partial charge in [0.1, 0.15) is 11.8 Å². The van der Waals surface area contributed by atoms with Gasteiger partial charge in [0.2, 0.25) is 0 Å². The Morgan fingerprint density at radius 3 is 2.86 bits per heavy atom. The number of aromatic nitrogens is 2. The number of anilines is 1. The molecule has 1 saturated heterocycles. The molecule has 29 heavy (non-hydrogen) atoms. The number of fused-ring (bicyclic) bond motifs is 1. The van der Waals surface area contributed by atoms with E-state index < -0.39 is 6.17 Å². The number of H-pyrrole nitrogens is 1. The minimum Gasteiger partial charge on any atom is -0.378 e. The van der Waals surface area contributed by atoms with Gasteiger partial charge in [0.15, 0.2) is 0 Å². The van der Waals surface area contributed by atoms with Crippen molar-refractivity contribution in [3.8, 4) is 0 Å². The Morgan fingerprint density at radius 2 is 2.14 bits per heavy atom. The van der Waals surface area contributed by atoms with Crippen molar-refractivity contribution in [3.05, 3.63) is 58.9 Å². The van der Waals surface area contributed by atoms with Gasteiger partial charge in [-0.25, -0.2) is 9.37 Å². The van der Waals surface area contributed by atoms with Crippen molar-refractivity contribution in [2.75, 3.05) is 25.5 Å². The molecule has 0 saturated carbocycles. The second-order valence-electron chi connectivity index (χ2n) is 7.28. The van der Waals surface area contributed by atoms with Crippen LogP contribution in [0.5, 0.6) is 0 Å². The number of alkyl halides is 1. The number of nitrogens with one attached hydrogen (secondary N) is 3. The molecular weight excluding hydrogens is 393 g/mol. The highest BCUT2D eigenvalue weighted by Gasteiger charge is 2.30. The first-order valence-electron chi connectivity index (χ1n) is 9.60. The van der Waals surface area contributed by atoms with Crippen molar-refractivity contribution in [3.63, 3.8) is 0 Å². The lowest BCUT2D eigenvalue weighted by atomic mass is 10.0. The number of piperidine rings is 1. The number of benzene rings is 1. The van der Waals surface area contributed by atoms with E-state index in [9.17, 15) is 4.79 Å². The van der Waals surface area contributed by atoms with Crippen LogP contribution < -0.4 is 10.6 Å². The Balaban J connectivity index is 1.49. The molecule has 0 radical (unpaired) electrons. The van der Waals surface area contributed by atoms with Crippen molar-refractivity contribution in [2.24, 2.45) is 0 Å². The van der Waals surface area contributed by atoms with Crippen molar-refractivity contribution >= 4 is 34.2 Å². The lowest BCUT2D eigenvalue weighted by Crippen LogP contribution is -2.47. The van der Waals surface area contributed by atoms with E-state index in [1.165, 1.54) is 6.20 Å². The lowest BCUT2D eigenvalue weighted by Gasteiger charge is -2.36. The number of pyridine rings is 1. The number of nitrogens with zero attached hydrogens (tertiary/aromatic N) is 2. The zero-order valence-corrected chi connectivity index (χ0v) is 16.8. The Bertz CT molecular complexity index is 1010. The van der Waals surface area contributed by atoms with Crippen LogP contribution in [0, 0.1) is 0 Å². The highest BCUT2D eigenvalue weighted by atomic mass is 35.5. The quantitative estimate of drug-likeness (QED) is 0.595. The number of rotatable bonds is 5. The van der Waals surface area contributed by atoms with Crippen LogP contribution in [0.1, 0.15) is 22.3 Å². The van der Waals surface area contributed by atoms with Gasteiger partial charge in [0.25, 0.3) is 5.91 Å². The smallest absolute Gasteiger partial charge is 0.254 e. The summed E-state index contributed by atoms with van der Waals surface area (Å²) >= 11 is 5.94. The molecule has 8 heteroatoms. The largest absolute Gasteiger partial charge is 0.378 e. The third-order valence-electron chi connectivity index (χ3n) is 5.33.